The molecule has 0 radical (unpaired) electrons. The molecule has 1 aliphatic heterocycles. The third kappa shape index (κ3) is 4.40. The number of halogens is 1. The average molecular weight is 411 g/mol. The number of aromatic nitrogens is 2. The Balaban J connectivity index is 1.64. The highest BCUT2D eigenvalue weighted by atomic mass is 35.5. The number of rotatable bonds is 5. The largest absolute Gasteiger partial charge is 0.379 e. The molecule has 3 aromatic rings. The van der Waals surface area contributed by atoms with Gasteiger partial charge in [0.25, 0.3) is 5.91 Å². The normalized spacial score (nSPS) is 14.8. The second-order valence-corrected chi connectivity index (χ2v) is 7.48. The van der Waals surface area contributed by atoms with Gasteiger partial charge in [-0.2, -0.15) is 0 Å². The van der Waals surface area contributed by atoms with Gasteiger partial charge in [0.15, 0.2) is 0 Å². The van der Waals surface area contributed by atoms with E-state index < -0.39 is 0 Å². The lowest BCUT2D eigenvalue weighted by molar-refractivity contribution is 0.0383. The topological polar surface area (TPSA) is 67.4 Å². The molecule has 2 aromatic heterocycles. The predicted octanol–water partition coefficient (Wildman–Crippen LogP) is 3.32. The second-order valence-electron chi connectivity index (χ2n) is 7.07. The monoisotopic (exact) mass is 410 g/mol. The maximum atomic E-state index is 13.1. The molecule has 7 heteroatoms. The number of carbonyl (C=O) groups excluding carboxylic acids is 1. The number of nitrogens with one attached hydrogen (secondary N) is 1. The Morgan fingerprint density at radius 1 is 1.21 bits per heavy atom. The van der Waals surface area contributed by atoms with Crippen LogP contribution in [0.2, 0.25) is 5.02 Å². The van der Waals surface area contributed by atoms with Crippen LogP contribution in [0.4, 0.5) is 0 Å². The van der Waals surface area contributed by atoms with Crippen LogP contribution >= 0.6 is 11.6 Å². The first-order valence-electron chi connectivity index (χ1n) is 9.72. The molecule has 0 bridgehead atoms. The maximum absolute atomic E-state index is 13.1. The molecule has 0 atom stereocenters. The smallest absolute Gasteiger partial charge is 0.252 e. The van der Waals surface area contributed by atoms with Gasteiger partial charge in [-0.3, -0.25) is 14.7 Å². The van der Waals surface area contributed by atoms with Crippen LogP contribution in [0.1, 0.15) is 15.9 Å². The Kier molecular flexibility index (Phi) is 6.04. The SMILES string of the molecule is Cc1c(Cl)ccc2c(C(=O)NCCN3CCOCC3)cc(-c3ccncc3)nc12. The minimum atomic E-state index is -0.109. The van der Waals surface area contributed by atoms with Crippen LogP contribution in [-0.2, 0) is 4.74 Å². The van der Waals surface area contributed by atoms with Crippen LogP contribution in [0.3, 0.4) is 0 Å². The molecular weight excluding hydrogens is 388 g/mol. The van der Waals surface area contributed by atoms with Crippen LogP contribution in [0, 0.1) is 6.92 Å². The van der Waals surface area contributed by atoms with Gasteiger partial charge in [-0.05, 0) is 36.8 Å². The van der Waals surface area contributed by atoms with Crippen molar-refractivity contribution in [2.24, 2.45) is 0 Å². The van der Waals surface area contributed by atoms with Crippen molar-refractivity contribution < 1.29 is 9.53 Å². The summed E-state index contributed by atoms with van der Waals surface area (Å²) in [6.45, 7) is 6.61. The van der Waals surface area contributed by atoms with Crippen molar-refractivity contribution in [2.75, 3.05) is 39.4 Å². The van der Waals surface area contributed by atoms with Gasteiger partial charge in [0.2, 0.25) is 0 Å². The van der Waals surface area contributed by atoms with E-state index in [1.54, 1.807) is 12.4 Å². The number of pyridine rings is 2. The molecule has 29 heavy (non-hydrogen) atoms. The Bertz CT molecular complexity index is 1020. The number of aryl methyl sites for hydroxylation is 1. The second kappa shape index (κ2) is 8.86. The lowest BCUT2D eigenvalue weighted by Gasteiger charge is -2.26. The average Bonchev–Trinajstić information content (AvgIpc) is 2.77. The number of ether oxygens (including phenoxy) is 1. The van der Waals surface area contributed by atoms with E-state index in [1.807, 2.05) is 37.3 Å². The van der Waals surface area contributed by atoms with Crippen molar-refractivity contribution in [2.45, 2.75) is 6.92 Å². The van der Waals surface area contributed by atoms with Gasteiger partial charge in [-0.1, -0.05) is 17.7 Å². The van der Waals surface area contributed by atoms with Crippen molar-refractivity contribution >= 4 is 28.4 Å². The van der Waals surface area contributed by atoms with Crippen LogP contribution in [0.5, 0.6) is 0 Å². The minimum absolute atomic E-state index is 0.109. The van der Waals surface area contributed by atoms with Crippen LogP contribution in [0.25, 0.3) is 22.2 Å². The molecule has 6 nitrogen and oxygen atoms in total. The highest BCUT2D eigenvalue weighted by Gasteiger charge is 2.17. The first-order valence-corrected chi connectivity index (χ1v) is 10.1. The lowest BCUT2D eigenvalue weighted by Crippen LogP contribution is -2.41. The summed E-state index contributed by atoms with van der Waals surface area (Å²) < 4.78 is 5.37. The molecule has 0 spiro atoms. The number of hydrogen-bond donors (Lipinski definition) is 1. The number of benzene rings is 1. The molecule has 1 aliphatic rings. The summed E-state index contributed by atoms with van der Waals surface area (Å²) in [5.74, 6) is -0.109. The van der Waals surface area contributed by atoms with E-state index >= 15 is 0 Å². The van der Waals surface area contributed by atoms with Gasteiger partial charge < -0.3 is 10.1 Å². The van der Waals surface area contributed by atoms with Crippen molar-refractivity contribution in [1.29, 1.82) is 0 Å². The van der Waals surface area contributed by atoms with E-state index in [-0.39, 0.29) is 5.91 Å². The molecule has 4 rings (SSSR count). The molecule has 1 aromatic carbocycles. The molecule has 0 saturated carbocycles. The van der Waals surface area contributed by atoms with Gasteiger partial charge in [0.05, 0.1) is 30.0 Å². The van der Waals surface area contributed by atoms with E-state index in [4.69, 9.17) is 21.3 Å². The quantitative estimate of drug-likeness (QED) is 0.698. The fourth-order valence-electron chi connectivity index (χ4n) is 3.51. The molecule has 1 amide bonds. The van der Waals surface area contributed by atoms with E-state index in [2.05, 4.69) is 15.2 Å². The Morgan fingerprint density at radius 3 is 2.72 bits per heavy atom. The summed E-state index contributed by atoms with van der Waals surface area (Å²) in [7, 11) is 0. The first-order chi connectivity index (χ1) is 14.1. The van der Waals surface area contributed by atoms with E-state index in [9.17, 15) is 4.79 Å². The summed E-state index contributed by atoms with van der Waals surface area (Å²) in [6.07, 6.45) is 3.43. The first kappa shape index (κ1) is 19.8. The number of morpholine rings is 1. The molecule has 0 aliphatic carbocycles. The van der Waals surface area contributed by atoms with Gasteiger partial charge in [-0.15, -0.1) is 0 Å². The Hall–Kier alpha value is -2.54. The summed E-state index contributed by atoms with van der Waals surface area (Å²) in [6, 6.07) is 9.29. The van der Waals surface area contributed by atoms with Crippen molar-refractivity contribution in [3.05, 3.63) is 58.9 Å². The van der Waals surface area contributed by atoms with Gasteiger partial charge >= 0.3 is 0 Å². The summed E-state index contributed by atoms with van der Waals surface area (Å²) in [4.78, 5) is 24.2. The highest BCUT2D eigenvalue weighted by molar-refractivity contribution is 6.32. The standard InChI is InChI=1S/C22H23ClN4O2/c1-15-19(23)3-2-17-18(22(28)25-8-9-27-10-12-29-13-11-27)14-20(26-21(15)17)16-4-6-24-7-5-16/h2-7,14H,8-13H2,1H3,(H,25,28). The fourth-order valence-corrected chi connectivity index (χ4v) is 3.66. The van der Waals surface area contributed by atoms with E-state index in [1.165, 1.54) is 0 Å². The minimum Gasteiger partial charge on any atom is -0.379 e. The summed E-state index contributed by atoms with van der Waals surface area (Å²) in [5, 5.41) is 4.49. The lowest BCUT2D eigenvalue weighted by atomic mass is 10.0. The van der Waals surface area contributed by atoms with Crippen molar-refractivity contribution in [3.63, 3.8) is 0 Å². The van der Waals surface area contributed by atoms with Gasteiger partial charge in [-0.25, -0.2) is 4.98 Å². The Morgan fingerprint density at radius 2 is 1.97 bits per heavy atom. The zero-order valence-corrected chi connectivity index (χ0v) is 17.1. The van der Waals surface area contributed by atoms with E-state index in [0.29, 0.717) is 17.1 Å². The molecule has 150 valence electrons. The molecule has 0 unspecified atom stereocenters. The predicted molar refractivity (Wildman–Crippen MR) is 114 cm³/mol. The number of carbonyl (C=O) groups is 1. The number of fused-ring (bicyclic) bond motifs is 1. The number of nitrogens with zero attached hydrogens (tertiary/aromatic N) is 3. The van der Waals surface area contributed by atoms with Gasteiger partial charge in [0, 0.05) is 54.5 Å². The fraction of sp³-hybridized carbons (Fsp3) is 0.318. The Labute approximate surface area is 174 Å². The van der Waals surface area contributed by atoms with Crippen LogP contribution in [0.15, 0.2) is 42.7 Å². The molecular formula is C22H23ClN4O2. The molecule has 1 fully saturated rings. The van der Waals surface area contributed by atoms with Crippen molar-refractivity contribution in [3.8, 4) is 11.3 Å². The summed E-state index contributed by atoms with van der Waals surface area (Å²) in [5.41, 5.74) is 3.84. The zero-order chi connectivity index (χ0) is 20.2. The molecule has 1 N–H and O–H groups in total. The van der Waals surface area contributed by atoms with E-state index in [0.717, 1.165) is 60.6 Å². The van der Waals surface area contributed by atoms with Crippen LogP contribution in [-0.4, -0.2) is 60.2 Å². The number of amides is 1. The van der Waals surface area contributed by atoms with Crippen molar-refractivity contribution in [1.82, 2.24) is 20.2 Å². The maximum Gasteiger partial charge on any atom is 0.252 e. The zero-order valence-electron chi connectivity index (χ0n) is 16.3. The van der Waals surface area contributed by atoms with Gasteiger partial charge in [0.1, 0.15) is 0 Å². The summed E-state index contributed by atoms with van der Waals surface area (Å²) >= 11 is 6.32. The van der Waals surface area contributed by atoms with Crippen LogP contribution < -0.4 is 5.32 Å². The number of hydrogen-bond acceptors (Lipinski definition) is 5. The highest BCUT2D eigenvalue weighted by Crippen LogP contribution is 2.30. The molecule has 3 heterocycles. The third-order valence-corrected chi connectivity index (χ3v) is 5.62. The molecule has 1 saturated heterocycles. The third-order valence-electron chi connectivity index (χ3n) is 5.21.